The van der Waals surface area contributed by atoms with Gasteiger partial charge < -0.3 is 15.0 Å². The number of amides is 3. The monoisotopic (exact) mass is 462 g/mol. The molecule has 174 valence electrons. The molecule has 0 radical (unpaired) electrons. The smallest absolute Gasteiger partial charge is 0.338 e. The number of nitrogens with zero attached hydrogens (tertiary/aromatic N) is 3. The topological polar surface area (TPSA) is 82.2 Å². The number of piperazine rings is 1. The molecule has 1 aromatic rings. The maximum atomic E-state index is 13.0. The van der Waals surface area contributed by atoms with E-state index in [2.05, 4.69) is 10.2 Å². The second-order valence-corrected chi connectivity index (χ2v) is 8.71. The lowest BCUT2D eigenvalue weighted by Crippen LogP contribution is -2.53. The summed E-state index contributed by atoms with van der Waals surface area (Å²) in [6, 6.07) is 6.13. The molecule has 2 aliphatic rings. The highest BCUT2D eigenvalue weighted by molar-refractivity contribution is 6.31. The van der Waals surface area contributed by atoms with Crippen LogP contribution in [0.15, 0.2) is 35.5 Å². The Kier molecular flexibility index (Phi) is 7.79. The lowest BCUT2D eigenvalue weighted by molar-refractivity contribution is -0.139. The summed E-state index contributed by atoms with van der Waals surface area (Å²) in [5.74, 6) is -0.374. The van der Waals surface area contributed by atoms with Gasteiger partial charge in [-0.25, -0.2) is 9.59 Å². The van der Waals surface area contributed by atoms with Crippen LogP contribution in [0, 0.1) is 5.92 Å². The Morgan fingerprint density at radius 2 is 1.84 bits per heavy atom. The maximum Gasteiger partial charge on any atom is 0.338 e. The molecule has 0 spiro atoms. The van der Waals surface area contributed by atoms with Gasteiger partial charge in [-0.1, -0.05) is 43.6 Å². The third-order valence-electron chi connectivity index (χ3n) is 5.84. The molecule has 0 aliphatic carbocycles. The molecule has 2 aliphatic heterocycles. The van der Waals surface area contributed by atoms with Crippen molar-refractivity contribution in [2.24, 2.45) is 5.92 Å². The number of rotatable bonds is 6. The molecule has 3 amide bonds. The van der Waals surface area contributed by atoms with Crippen molar-refractivity contribution < 1.29 is 19.1 Å². The van der Waals surface area contributed by atoms with Crippen molar-refractivity contribution in [2.45, 2.75) is 26.8 Å². The summed E-state index contributed by atoms with van der Waals surface area (Å²) in [5, 5.41) is 3.35. The summed E-state index contributed by atoms with van der Waals surface area (Å²) in [6.07, 6.45) is 0. The van der Waals surface area contributed by atoms with Crippen LogP contribution in [0.5, 0.6) is 0 Å². The number of ether oxygens (including phenoxy) is 1. The molecule has 1 atom stereocenters. The molecule has 8 nitrogen and oxygen atoms in total. The van der Waals surface area contributed by atoms with Gasteiger partial charge in [0.05, 0.1) is 18.2 Å². The number of carbonyl (C=O) groups is 3. The van der Waals surface area contributed by atoms with Gasteiger partial charge in [0.1, 0.15) is 0 Å². The van der Waals surface area contributed by atoms with Gasteiger partial charge in [-0.3, -0.25) is 14.6 Å². The predicted octanol–water partition coefficient (Wildman–Crippen LogP) is 2.65. The Morgan fingerprint density at radius 1 is 1.19 bits per heavy atom. The van der Waals surface area contributed by atoms with Crippen molar-refractivity contribution >= 4 is 29.5 Å². The average molecular weight is 463 g/mol. The van der Waals surface area contributed by atoms with Crippen molar-refractivity contribution in [3.63, 3.8) is 0 Å². The van der Waals surface area contributed by atoms with Crippen molar-refractivity contribution in [3.8, 4) is 0 Å². The number of esters is 1. The summed E-state index contributed by atoms with van der Waals surface area (Å²) in [6.45, 7) is 8.70. The van der Waals surface area contributed by atoms with Gasteiger partial charge >= 0.3 is 12.0 Å². The SMILES string of the molecule is CCOC(=O)C1=C(CN2CCN(C(=O)C(C)C)CC2)N(C)C(=O)N[C@H]1c1ccccc1Cl. The van der Waals surface area contributed by atoms with Crippen LogP contribution >= 0.6 is 11.6 Å². The third-order valence-corrected chi connectivity index (χ3v) is 6.18. The van der Waals surface area contributed by atoms with E-state index in [-0.39, 0.29) is 24.5 Å². The number of halogens is 1. The number of urea groups is 1. The number of benzene rings is 1. The van der Waals surface area contributed by atoms with Crippen LogP contribution in [0.25, 0.3) is 0 Å². The highest BCUT2D eigenvalue weighted by Crippen LogP contribution is 2.34. The molecule has 1 saturated heterocycles. The van der Waals surface area contributed by atoms with E-state index in [1.807, 2.05) is 24.8 Å². The Balaban J connectivity index is 1.92. The summed E-state index contributed by atoms with van der Waals surface area (Å²) in [5.41, 5.74) is 1.60. The zero-order valence-corrected chi connectivity index (χ0v) is 19.8. The van der Waals surface area contributed by atoms with E-state index in [0.29, 0.717) is 54.6 Å². The summed E-state index contributed by atoms with van der Waals surface area (Å²) in [4.78, 5) is 43.6. The van der Waals surface area contributed by atoms with E-state index in [4.69, 9.17) is 16.3 Å². The Hall–Kier alpha value is -2.58. The fourth-order valence-corrected chi connectivity index (χ4v) is 4.29. The molecule has 0 aromatic heterocycles. The average Bonchev–Trinajstić information content (AvgIpc) is 2.77. The first-order valence-electron chi connectivity index (χ1n) is 10.9. The van der Waals surface area contributed by atoms with Gasteiger partial charge in [0, 0.05) is 56.4 Å². The second kappa shape index (κ2) is 10.4. The van der Waals surface area contributed by atoms with Crippen LogP contribution in [-0.4, -0.2) is 79.0 Å². The molecular formula is C23H31ClN4O4. The van der Waals surface area contributed by atoms with Crippen LogP contribution < -0.4 is 5.32 Å². The molecule has 0 bridgehead atoms. The van der Waals surface area contributed by atoms with Crippen molar-refractivity contribution in [3.05, 3.63) is 46.1 Å². The molecule has 1 N–H and O–H groups in total. The summed E-state index contributed by atoms with van der Waals surface area (Å²) in [7, 11) is 1.64. The highest BCUT2D eigenvalue weighted by atomic mass is 35.5. The molecule has 1 fully saturated rings. The molecule has 2 heterocycles. The molecular weight excluding hydrogens is 432 g/mol. The van der Waals surface area contributed by atoms with Crippen LogP contribution in [0.3, 0.4) is 0 Å². The zero-order valence-electron chi connectivity index (χ0n) is 19.1. The number of nitrogens with one attached hydrogen (secondary N) is 1. The Labute approximate surface area is 194 Å². The standard InChI is InChI=1S/C23H31ClN4O4/c1-5-32-22(30)19-18(14-27-10-12-28(13-11-27)21(29)15(2)3)26(4)23(31)25-20(19)16-8-6-7-9-17(16)24/h6-9,15,20H,5,10-14H2,1-4H3,(H,25,31)/t20-/m0/s1. The van der Waals surface area contributed by atoms with Gasteiger partial charge in [0.25, 0.3) is 0 Å². The van der Waals surface area contributed by atoms with Gasteiger partial charge in [0.2, 0.25) is 5.91 Å². The van der Waals surface area contributed by atoms with Crippen molar-refractivity contribution in [1.29, 1.82) is 0 Å². The first-order chi connectivity index (χ1) is 15.2. The van der Waals surface area contributed by atoms with Crippen molar-refractivity contribution in [2.75, 3.05) is 46.4 Å². The molecule has 9 heteroatoms. The van der Waals surface area contributed by atoms with Crippen LogP contribution in [0.4, 0.5) is 4.79 Å². The summed E-state index contributed by atoms with van der Waals surface area (Å²) >= 11 is 6.41. The Morgan fingerprint density at radius 3 is 2.44 bits per heavy atom. The van der Waals surface area contributed by atoms with E-state index in [0.717, 1.165) is 0 Å². The normalized spacial score (nSPS) is 19.9. The molecule has 1 aromatic carbocycles. The van der Waals surface area contributed by atoms with Crippen LogP contribution in [-0.2, 0) is 14.3 Å². The molecule has 3 rings (SSSR count). The van der Waals surface area contributed by atoms with E-state index in [1.165, 1.54) is 4.90 Å². The lowest BCUT2D eigenvalue weighted by atomic mass is 9.94. The maximum absolute atomic E-state index is 13.0. The summed E-state index contributed by atoms with van der Waals surface area (Å²) < 4.78 is 5.36. The number of likely N-dealkylation sites (N-methyl/N-ethyl adjacent to an activating group) is 1. The Bertz CT molecular complexity index is 909. The first kappa shape index (κ1) is 24.1. The fraction of sp³-hybridized carbons (Fsp3) is 0.522. The second-order valence-electron chi connectivity index (χ2n) is 8.30. The van der Waals surface area contributed by atoms with E-state index in [1.54, 1.807) is 32.2 Å². The van der Waals surface area contributed by atoms with Gasteiger partial charge in [-0.15, -0.1) is 0 Å². The molecule has 0 unspecified atom stereocenters. The highest BCUT2D eigenvalue weighted by Gasteiger charge is 2.38. The van der Waals surface area contributed by atoms with Crippen LogP contribution in [0.2, 0.25) is 5.02 Å². The number of hydrogen-bond donors (Lipinski definition) is 1. The van der Waals surface area contributed by atoms with E-state index < -0.39 is 12.0 Å². The largest absolute Gasteiger partial charge is 0.463 e. The first-order valence-corrected chi connectivity index (χ1v) is 11.3. The predicted molar refractivity (Wildman–Crippen MR) is 122 cm³/mol. The minimum atomic E-state index is -0.703. The number of hydrogen-bond acceptors (Lipinski definition) is 5. The van der Waals surface area contributed by atoms with Gasteiger partial charge in [-0.05, 0) is 18.6 Å². The number of carbonyl (C=O) groups excluding carboxylic acids is 3. The minimum absolute atomic E-state index is 0.0378. The van der Waals surface area contributed by atoms with Crippen molar-refractivity contribution in [1.82, 2.24) is 20.0 Å². The molecule has 32 heavy (non-hydrogen) atoms. The van der Waals surface area contributed by atoms with Gasteiger partial charge in [-0.2, -0.15) is 0 Å². The van der Waals surface area contributed by atoms with E-state index in [9.17, 15) is 14.4 Å². The fourth-order valence-electron chi connectivity index (χ4n) is 4.04. The molecule has 0 saturated carbocycles. The van der Waals surface area contributed by atoms with Gasteiger partial charge in [0.15, 0.2) is 0 Å². The zero-order chi connectivity index (χ0) is 23.4. The minimum Gasteiger partial charge on any atom is -0.463 e. The lowest BCUT2D eigenvalue weighted by Gasteiger charge is -2.40. The third kappa shape index (κ3) is 5.07. The van der Waals surface area contributed by atoms with E-state index >= 15 is 0 Å². The van der Waals surface area contributed by atoms with Crippen LogP contribution in [0.1, 0.15) is 32.4 Å². The quantitative estimate of drug-likeness (QED) is 0.657.